The smallest absolute Gasteiger partial charge is 0.321 e. The Morgan fingerprint density at radius 1 is 0.686 bits per heavy atom. The van der Waals surface area contributed by atoms with Gasteiger partial charge in [-0.05, 0) is 86.7 Å². The normalized spacial score (nSPS) is 11.7. The first-order chi connectivity index (χ1) is 16.3. The Labute approximate surface area is 205 Å². The summed E-state index contributed by atoms with van der Waals surface area (Å²) in [6.45, 7) is 9.32. The monoisotopic (exact) mass is 520 g/mol. The maximum atomic E-state index is 13.2. The van der Waals surface area contributed by atoms with Crippen molar-refractivity contribution in [3.8, 4) is 11.9 Å². The molecule has 0 aliphatic rings. The summed E-state index contributed by atoms with van der Waals surface area (Å²) in [5.41, 5.74) is 4.47. The van der Waals surface area contributed by atoms with E-state index in [4.69, 9.17) is 9.47 Å². The second-order valence-electron chi connectivity index (χ2n) is 7.97. The molecule has 1 heterocycles. The lowest BCUT2D eigenvalue weighted by atomic mass is 9.95. The zero-order chi connectivity index (χ0) is 26.1. The van der Waals surface area contributed by atoms with E-state index in [1.165, 1.54) is 44.6 Å². The molecule has 0 fully saturated rings. The molecule has 0 saturated heterocycles. The number of nitrogens with zero attached hydrogens (tertiary/aromatic N) is 2. The fraction of sp³-hybridized carbons (Fsp3) is 0.304. The molecule has 0 amide bonds. The van der Waals surface area contributed by atoms with Gasteiger partial charge in [-0.1, -0.05) is 0 Å². The number of hydrogen-bond acceptors (Lipinski definition) is 8. The Morgan fingerprint density at radius 2 is 1.23 bits per heavy atom. The van der Waals surface area contributed by atoms with Crippen molar-refractivity contribution in [2.45, 2.75) is 44.4 Å². The first-order valence-corrected chi connectivity index (χ1v) is 13.5. The number of rotatable bonds is 8. The molecule has 2 aromatic carbocycles. The van der Waals surface area contributed by atoms with Crippen LogP contribution >= 0.6 is 0 Å². The second-order valence-corrected chi connectivity index (χ2v) is 11.3. The van der Waals surface area contributed by atoms with E-state index in [0.29, 0.717) is 11.1 Å². The highest BCUT2D eigenvalue weighted by atomic mass is 32.2. The van der Waals surface area contributed by atoms with Gasteiger partial charge in [-0.15, -0.1) is 0 Å². The number of anilines is 2. The van der Waals surface area contributed by atoms with E-state index in [9.17, 15) is 16.8 Å². The molecule has 0 aliphatic heterocycles. The number of nitrogens with one attached hydrogen (secondary N) is 2. The lowest BCUT2D eigenvalue weighted by Crippen LogP contribution is -2.18. The van der Waals surface area contributed by atoms with Gasteiger partial charge in [0.1, 0.15) is 0 Å². The third kappa shape index (κ3) is 5.33. The average molecular weight is 521 g/mol. The molecule has 0 unspecified atom stereocenters. The van der Waals surface area contributed by atoms with Crippen molar-refractivity contribution < 1.29 is 26.3 Å². The Bertz CT molecular complexity index is 1430. The molecule has 0 spiro atoms. The molecule has 3 rings (SSSR count). The van der Waals surface area contributed by atoms with Gasteiger partial charge < -0.3 is 9.47 Å². The van der Waals surface area contributed by atoms with Gasteiger partial charge in [-0.25, -0.2) is 16.8 Å². The second kappa shape index (κ2) is 9.70. The molecule has 12 heteroatoms. The number of aromatic nitrogens is 2. The van der Waals surface area contributed by atoms with Crippen LogP contribution in [0.4, 0.5) is 11.5 Å². The highest BCUT2D eigenvalue weighted by Gasteiger charge is 2.24. The van der Waals surface area contributed by atoms with Gasteiger partial charge in [0.2, 0.25) is 5.88 Å². The highest BCUT2D eigenvalue weighted by molar-refractivity contribution is 7.93. The summed E-state index contributed by atoms with van der Waals surface area (Å²) in [6.07, 6.45) is 0. The summed E-state index contributed by atoms with van der Waals surface area (Å²) in [4.78, 5) is 8.00. The van der Waals surface area contributed by atoms with E-state index in [1.807, 2.05) is 20.8 Å². The molecule has 0 bridgehead atoms. The third-order valence-electron chi connectivity index (χ3n) is 5.93. The van der Waals surface area contributed by atoms with E-state index in [0.717, 1.165) is 16.7 Å². The molecule has 0 saturated carbocycles. The maximum Gasteiger partial charge on any atom is 0.321 e. The highest BCUT2D eigenvalue weighted by Crippen LogP contribution is 2.31. The van der Waals surface area contributed by atoms with E-state index in [-0.39, 0.29) is 33.2 Å². The minimum atomic E-state index is -4.03. The van der Waals surface area contributed by atoms with Gasteiger partial charge in [-0.2, -0.15) is 9.97 Å². The molecular formula is C23H28N4O6S2. The van der Waals surface area contributed by atoms with Crippen molar-refractivity contribution in [2.24, 2.45) is 0 Å². The summed E-state index contributed by atoms with van der Waals surface area (Å²) in [5.74, 6) is 0.0704. The summed E-state index contributed by atoms with van der Waals surface area (Å²) in [6, 6.07) is 6.58. The van der Waals surface area contributed by atoms with Crippen LogP contribution in [-0.2, 0) is 20.0 Å². The lowest BCUT2D eigenvalue weighted by molar-refractivity contribution is 0.353. The Morgan fingerprint density at radius 3 is 1.74 bits per heavy atom. The fourth-order valence-corrected chi connectivity index (χ4v) is 6.28. The van der Waals surface area contributed by atoms with Crippen LogP contribution in [0.1, 0.15) is 27.8 Å². The molecule has 0 atom stereocenters. The van der Waals surface area contributed by atoms with E-state index < -0.39 is 20.0 Å². The Balaban J connectivity index is 1.88. The fourth-order valence-electron chi connectivity index (χ4n) is 3.63. The van der Waals surface area contributed by atoms with Crippen LogP contribution in [0.2, 0.25) is 0 Å². The zero-order valence-electron chi connectivity index (χ0n) is 20.5. The Hall–Kier alpha value is -3.38. The zero-order valence-corrected chi connectivity index (χ0v) is 22.2. The van der Waals surface area contributed by atoms with Crippen LogP contribution in [0.15, 0.2) is 40.1 Å². The van der Waals surface area contributed by atoms with Crippen LogP contribution < -0.4 is 18.9 Å². The minimum absolute atomic E-state index is 0.0467. The van der Waals surface area contributed by atoms with Crippen molar-refractivity contribution in [1.29, 1.82) is 0 Å². The third-order valence-corrected chi connectivity index (χ3v) is 8.95. The van der Waals surface area contributed by atoms with Gasteiger partial charge in [0.25, 0.3) is 20.0 Å². The van der Waals surface area contributed by atoms with Gasteiger partial charge in [-0.3, -0.25) is 9.44 Å². The first kappa shape index (κ1) is 26.2. The molecule has 2 N–H and O–H groups in total. The van der Waals surface area contributed by atoms with Crippen LogP contribution in [-0.4, -0.2) is 41.0 Å². The standard InChI is InChI=1S/C23H28N4O6S2/c1-13-14(2)16(4)22(17(5)15(13)3)35(30,31)26-18-8-10-19(11-9-18)34(28,29)27-20-12-21(32-6)25-23(24-20)33-7/h8-12,26H,1-7H3,(H,24,25,27). The maximum absolute atomic E-state index is 13.2. The number of hydrogen-bond donors (Lipinski definition) is 2. The predicted octanol–water partition coefficient (Wildman–Crippen LogP) is 3.64. The van der Waals surface area contributed by atoms with Crippen LogP contribution in [0.25, 0.3) is 0 Å². The number of methoxy groups -OCH3 is 2. The van der Waals surface area contributed by atoms with Crippen molar-refractivity contribution in [1.82, 2.24) is 9.97 Å². The summed E-state index contributed by atoms with van der Waals surface area (Å²) >= 11 is 0. The molecule has 188 valence electrons. The number of sulfonamides is 2. The molecular weight excluding hydrogens is 492 g/mol. The average Bonchev–Trinajstić information content (AvgIpc) is 2.80. The molecule has 3 aromatic rings. The first-order valence-electron chi connectivity index (χ1n) is 10.5. The quantitative estimate of drug-likeness (QED) is 0.459. The van der Waals surface area contributed by atoms with Gasteiger partial charge in [0.05, 0.1) is 24.0 Å². The van der Waals surface area contributed by atoms with Crippen LogP contribution in [0.3, 0.4) is 0 Å². The van der Waals surface area contributed by atoms with Gasteiger partial charge in [0, 0.05) is 11.8 Å². The van der Waals surface area contributed by atoms with Crippen LogP contribution in [0, 0.1) is 34.6 Å². The van der Waals surface area contributed by atoms with E-state index in [2.05, 4.69) is 19.4 Å². The van der Waals surface area contributed by atoms with Crippen LogP contribution in [0.5, 0.6) is 11.9 Å². The number of ether oxygens (including phenoxy) is 2. The van der Waals surface area contributed by atoms with Crippen molar-refractivity contribution in [3.05, 3.63) is 58.1 Å². The van der Waals surface area contributed by atoms with Crippen molar-refractivity contribution >= 4 is 31.6 Å². The molecule has 35 heavy (non-hydrogen) atoms. The topological polar surface area (TPSA) is 137 Å². The molecule has 10 nitrogen and oxygen atoms in total. The molecule has 1 aromatic heterocycles. The molecule has 0 radical (unpaired) electrons. The van der Waals surface area contributed by atoms with Gasteiger partial charge >= 0.3 is 6.01 Å². The van der Waals surface area contributed by atoms with E-state index >= 15 is 0 Å². The summed E-state index contributed by atoms with van der Waals surface area (Å²) in [5, 5.41) is 0. The van der Waals surface area contributed by atoms with E-state index in [1.54, 1.807) is 13.8 Å². The molecule has 0 aliphatic carbocycles. The predicted molar refractivity (Wildman–Crippen MR) is 133 cm³/mol. The van der Waals surface area contributed by atoms with Crippen molar-refractivity contribution in [3.63, 3.8) is 0 Å². The van der Waals surface area contributed by atoms with Gasteiger partial charge in [0.15, 0.2) is 5.82 Å². The van der Waals surface area contributed by atoms with Crippen molar-refractivity contribution in [2.75, 3.05) is 23.7 Å². The Kier molecular flexibility index (Phi) is 7.27. The largest absolute Gasteiger partial charge is 0.481 e. The lowest BCUT2D eigenvalue weighted by Gasteiger charge is -2.19. The SMILES string of the molecule is COc1cc(NS(=O)(=O)c2ccc(NS(=O)(=O)c3c(C)c(C)c(C)c(C)c3C)cc2)nc(OC)n1. The summed E-state index contributed by atoms with van der Waals surface area (Å²) in [7, 11) is -5.22. The number of benzene rings is 2. The minimum Gasteiger partial charge on any atom is -0.481 e. The summed E-state index contributed by atoms with van der Waals surface area (Å²) < 4.78 is 67.0.